The summed E-state index contributed by atoms with van der Waals surface area (Å²) in [5, 5.41) is 3.80. The van der Waals surface area contributed by atoms with Crippen molar-refractivity contribution in [3.8, 4) is 22.5 Å². The van der Waals surface area contributed by atoms with E-state index in [4.69, 9.17) is 13.5 Å². The van der Waals surface area contributed by atoms with Gasteiger partial charge in [0.2, 0.25) is 0 Å². The molecule has 0 atom stereocenters. The maximum atomic E-state index is 12.6. The molecule has 0 bridgehead atoms. The summed E-state index contributed by atoms with van der Waals surface area (Å²) in [6.07, 6.45) is 0.107. The second kappa shape index (κ2) is 13.0. The van der Waals surface area contributed by atoms with Gasteiger partial charge in [0.1, 0.15) is 16.2 Å². The van der Waals surface area contributed by atoms with E-state index in [1.54, 1.807) is 38.1 Å². The van der Waals surface area contributed by atoms with Crippen LogP contribution in [0, 0.1) is 13.8 Å². The minimum absolute atomic E-state index is 0.0278. The average Bonchev–Trinajstić information content (AvgIpc) is 2.92. The standard InChI is InChI=1S/C27H30N2O13S4/c1-16-22(28-11-3-13-43(30,31)32)9-7-20-25(19-6-5-18(45(36,37)38)15-24(19)46(39,40)41)21-8-10-23(17(2)27(21)42-26(16)20)29-12-4-14-44(33,34)35/h5-10,15,28H,3-4,11-14H2,1-2H3,(H,30,31,32)(H,33,34,35)(H,36,37,38)(H,39,40,41). The smallest absolute Gasteiger partial charge is 0.295 e. The molecule has 0 radical (unpaired) electrons. The van der Waals surface area contributed by atoms with Gasteiger partial charge in [-0.2, -0.15) is 33.7 Å². The van der Waals surface area contributed by atoms with Gasteiger partial charge in [-0.3, -0.25) is 23.2 Å². The number of anilines is 1. The Morgan fingerprint density at radius 1 is 0.739 bits per heavy atom. The molecule has 0 saturated carbocycles. The molecule has 0 amide bonds. The number of aryl methyl sites for hydroxylation is 1. The van der Waals surface area contributed by atoms with E-state index in [1.165, 1.54) is 0 Å². The van der Waals surface area contributed by atoms with E-state index in [9.17, 15) is 42.8 Å². The number of nitrogens with zero attached hydrogens (tertiary/aromatic N) is 1. The van der Waals surface area contributed by atoms with Gasteiger partial charge in [0.05, 0.1) is 21.8 Å². The molecule has 5 N–H and O–H groups in total. The highest BCUT2D eigenvalue weighted by Crippen LogP contribution is 2.45. The zero-order chi connectivity index (χ0) is 34.2. The number of nitrogens with one attached hydrogen (secondary N) is 1. The molecule has 1 aliphatic heterocycles. The predicted octanol–water partition coefficient (Wildman–Crippen LogP) is 3.18. The minimum atomic E-state index is -5.07. The molecule has 0 unspecified atom stereocenters. The molecule has 250 valence electrons. The monoisotopic (exact) mass is 718 g/mol. The van der Waals surface area contributed by atoms with E-state index < -0.39 is 61.8 Å². The zero-order valence-corrected chi connectivity index (χ0v) is 27.6. The first-order valence-corrected chi connectivity index (χ1v) is 19.5. The summed E-state index contributed by atoms with van der Waals surface area (Å²) in [5.74, 6) is -0.760. The van der Waals surface area contributed by atoms with Gasteiger partial charge in [0, 0.05) is 52.0 Å². The molecule has 19 heteroatoms. The van der Waals surface area contributed by atoms with Crippen LogP contribution in [0.4, 0.5) is 5.69 Å². The van der Waals surface area contributed by atoms with Gasteiger partial charge in [-0.25, -0.2) is 0 Å². The normalized spacial score (nSPS) is 13.5. The molecule has 4 rings (SSSR count). The third-order valence-corrected chi connectivity index (χ3v) is 10.4. The fourth-order valence-corrected chi connectivity index (χ4v) is 7.25. The van der Waals surface area contributed by atoms with Crippen molar-refractivity contribution in [3.63, 3.8) is 0 Å². The van der Waals surface area contributed by atoms with E-state index in [0.29, 0.717) is 39.2 Å². The lowest BCUT2D eigenvalue weighted by Crippen LogP contribution is -2.12. The number of hydrogen-bond donors (Lipinski definition) is 5. The Bertz CT molecular complexity index is 2310. The fraction of sp³-hybridized carbons (Fsp3) is 0.296. The second-order valence-electron chi connectivity index (χ2n) is 10.4. The van der Waals surface area contributed by atoms with Crippen LogP contribution in [-0.2, 0) is 40.5 Å². The summed E-state index contributed by atoms with van der Waals surface area (Å²) in [7, 11) is -18.3. The van der Waals surface area contributed by atoms with Crippen LogP contribution >= 0.6 is 0 Å². The van der Waals surface area contributed by atoms with Crippen molar-refractivity contribution in [1.29, 1.82) is 0 Å². The van der Waals surface area contributed by atoms with Crippen molar-refractivity contribution < 1.29 is 56.3 Å². The van der Waals surface area contributed by atoms with Gasteiger partial charge in [-0.05, 0) is 63.1 Å². The van der Waals surface area contributed by atoms with Crippen LogP contribution in [0.2, 0.25) is 0 Å². The van der Waals surface area contributed by atoms with Gasteiger partial charge >= 0.3 is 0 Å². The molecule has 15 nitrogen and oxygen atoms in total. The minimum Gasteiger partial charge on any atom is -0.455 e. The largest absolute Gasteiger partial charge is 0.455 e. The van der Waals surface area contributed by atoms with Gasteiger partial charge in [0.15, 0.2) is 0 Å². The van der Waals surface area contributed by atoms with Crippen LogP contribution in [0.15, 0.2) is 61.7 Å². The highest BCUT2D eigenvalue weighted by Gasteiger charge is 2.27. The van der Waals surface area contributed by atoms with E-state index in [1.807, 2.05) is 0 Å². The van der Waals surface area contributed by atoms with E-state index >= 15 is 0 Å². The maximum absolute atomic E-state index is 12.6. The predicted molar refractivity (Wildman–Crippen MR) is 168 cm³/mol. The number of fused-ring (bicyclic) bond motifs is 2. The Labute approximate surface area is 265 Å². The highest BCUT2D eigenvalue weighted by atomic mass is 32.2. The van der Waals surface area contributed by atoms with Gasteiger partial charge in [-0.1, -0.05) is 6.07 Å². The summed E-state index contributed by atoms with van der Waals surface area (Å²) in [4.78, 5) is 2.82. The van der Waals surface area contributed by atoms with Crippen molar-refractivity contribution in [2.24, 2.45) is 4.99 Å². The average molecular weight is 719 g/mol. The van der Waals surface area contributed by atoms with Crippen LogP contribution in [0.5, 0.6) is 0 Å². The molecule has 2 aromatic carbocycles. The van der Waals surface area contributed by atoms with Gasteiger partial charge in [0.25, 0.3) is 40.5 Å². The zero-order valence-electron chi connectivity index (χ0n) is 24.3. The molecule has 0 fully saturated rings. The van der Waals surface area contributed by atoms with Crippen molar-refractivity contribution in [1.82, 2.24) is 0 Å². The molecule has 0 spiro atoms. The van der Waals surface area contributed by atoms with Crippen LogP contribution in [0.3, 0.4) is 0 Å². The Morgan fingerprint density at radius 2 is 1.37 bits per heavy atom. The summed E-state index contributed by atoms with van der Waals surface area (Å²) in [6, 6.07) is 9.08. The lowest BCUT2D eigenvalue weighted by molar-refractivity contribution is 0.478. The molecule has 2 aromatic rings. The quantitative estimate of drug-likeness (QED) is 0.0801. The van der Waals surface area contributed by atoms with Crippen LogP contribution in [-0.4, -0.2) is 76.5 Å². The van der Waals surface area contributed by atoms with E-state index in [0.717, 1.165) is 12.1 Å². The summed E-state index contributed by atoms with van der Waals surface area (Å²) >= 11 is 0. The SMILES string of the molecule is Cc1c2oc3c(C)c(NCCCS(=O)(=O)O)ccc3c(-c3ccc(S(=O)(=O)O)cc3S(=O)(=O)O)c-2ccc1=NCCCS(=O)(=O)O. The molecule has 1 aliphatic carbocycles. The van der Waals surface area contributed by atoms with E-state index in [-0.39, 0.29) is 48.4 Å². The molecule has 1 heterocycles. The van der Waals surface area contributed by atoms with Crippen molar-refractivity contribution in [2.75, 3.05) is 29.9 Å². The molecular formula is C27H30N2O13S4. The highest BCUT2D eigenvalue weighted by molar-refractivity contribution is 7.87. The Morgan fingerprint density at radius 3 is 1.98 bits per heavy atom. The summed E-state index contributed by atoms with van der Waals surface area (Å²) < 4.78 is 137. The number of benzene rings is 3. The molecular weight excluding hydrogens is 689 g/mol. The first-order valence-electron chi connectivity index (χ1n) is 13.4. The second-order valence-corrected chi connectivity index (χ2v) is 16.3. The summed E-state index contributed by atoms with van der Waals surface area (Å²) in [5.41, 5.74) is 2.14. The topological polar surface area (TPSA) is 255 Å². The van der Waals surface area contributed by atoms with Crippen molar-refractivity contribution in [2.45, 2.75) is 36.5 Å². The molecule has 46 heavy (non-hydrogen) atoms. The summed E-state index contributed by atoms with van der Waals surface area (Å²) in [6.45, 7) is 3.52. The third-order valence-electron chi connectivity index (χ3n) is 7.06. The first-order chi connectivity index (χ1) is 21.2. The van der Waals surface area contributed by atoms with Crippen molar-refractivity contribution in [3.05, 3.63) is 58.9 Å². The van der Waals surface area contributed by atoms with Crippen LogP contribution < -0.4 is 10.7 Å². The third kappa shape index (κ3) is 8.28. The Balaban J connectivity index is 2.02. The lowest BCUT2D eigenvalue weighted by atomic mass is 9.91. The molecule has 0 saturated heterocycles. The van der Waals surface area contributed by atoms with Crippen LogP contribution in [0.25, 0.3) is 33.4 Å². The molecule has 2 aliphatic rings. The van der Waals surface area contributed by atoms with Crippen LogP contribution in [0.1, 0.15) is 24.0 Å². The number of rotatable bonds is 12. The van der Waals surface area contributed by atoms with Gasteiger partial charge in [-0.15, -0.1) is 0 Å². The lowest BCUT2D eigenvalue weighted by Gasteiger charge is -2.21. The van der Waals surface area contributed by atoms with Gasteiger partial charge < -0.3 is 9.73 Å². The Kier molecular flexibility index (Phi) is 10.0. The number of hydrogen-bond acceptors (Lipinski definition) is 11. The van der Waals surface area contributed by atoms with E-state index in [2.05, 4.69) is 10.3 Å². The fourth-order valence-electron chi connectivity index (χ4n) is 4.94. The maximum Gasteiger partial charge on any atom is 0.295 e. The first kappa shape index (κ1) is 35.4. The van der Waals surface area contributed by atoms with Crippen molar-refractivity contribution >= 4 is 57.1 Å². The Hall–Kier alpha value is -3.43. The molecule has 0 aromatic heterocycles.